The summed E-state index contributed by atoms with van der Waals surface area (Å²) >= 11 is 0. The van der Waals surface area contributed by atoms with E-state index in [-0.39, 0.29) is 23.8 Å². The van der Waals surface area contributed by atoms with Crippen molar-refractivity contribution in [1.29, 1.82) is 0 Å². The van der Waals surface area contributed by atoms with Gasteiger partial charge in [0.2, 0.25) is 0 Å². The van der Waals surface area contributed by atoms with E-state index < -0.39 is 11.6 Å². The van der Waals surface area contributed by atoms with Crippen molar-refractivity contribution in [2.75, 3.05) is 27.4 Å². The molecule has 3 nitrogen and oxygen atoms in total. The van der Waals surface area contributed by atoms with Gasteiger partial charge in [-0.1, -0.05) is 12.1 Å². The van der Waals surface area contributed by atoms with Crippen LogP contribution in [0.1, 0.15) is 31.9 Å². The summed E-state index contributed by atoms with van der Waals surface area (Å²) in [5, 5.41) is 2.94. The molecule has 0 amide bonds. The first-order valence-electron chi connectivity index (χ1n) is 6.65. The Balaban J connectivity index is 2.54. The Morgan fingerprint density at radius 3 is 2.60 bits per heavy atom. The SMILES string of the molecule is CNC(COCCC(C)(C)OC)c1cccc(F)c1F. The highest BCUT2D eigenvalue weighted by Crippen LogP contribution is 2.20. The van der Waals surface area contributed by atoms with Crippen LogP contribution in [0, 0.1) is 11.6 Å². The van der Waals surface area contributed by atoms with Crippen LogP contribution in [-0.4, -0.2) is 33.0 Å². The lowest BCUT2D eigenvalue weighted by molar-refractivity contribution is -0.0123. The Morgan fingerprint density at radius 1 is 1.30 bits per heavy atom. The topological polar surface area (TPSA) is 30.5 Å². The van der Waals surface area contributed by atoms with Crippen LogP contribution in [0.3, 0.4) is 0 Å². The lowest BCUT2D eigenvalue weighted by Gasteiger charge is -2.23. The van der Waals surface area contributed by atoms with Gasteiger partial charge in [-0.3, -0.25) is 0 Å². The summed E-state index contributed by atoms with van der Waals surface area (Å²) in [6.45, 7) is 4.71. The van der Waals surface area contributed by atoms with Gasteiger partial charge >= 0.3 is 0 Å². The summed E-state index contributed by atoms with van der Waals surface area (Å²) < 4.78 is 37.7. The average molecular weight is 287 g/mol. The summed E-state index contributed by atoms with van der Waals surface area (Å²) in [5.74, 6) is -1.67. The zero-order valence-electron chi connectivity index (χ0n) is 12.5. The molecular weight excluding hydrogens is 264 g/mol. The van der Waals surface area contributed by atoms with Crippen LogP contribution in [0.15, 0.2) is 18.2 Å². The van der Waals surface area contributed by atoms with E-state index in [4.69, 9.17) is 9.47 Å². The first-order chi connectivity index (χ1) is 9.41. The third kappa shape index (κ3) is 4.81. The molecule has 5 heteroatoms. The third-order valence-electron chi connectivity index (χ3n) is 3.39. The Morgan fingerprint density at radius 2 is 2.00 bits per heavy atom. The molecule has 114 valence electrons. The van der Waals surface area contributed by atoms with Crippen molar-refractivity contribution in [3.05, 3.63) is 35.4 Å². The van der Waals surface area contributed by atoms with Crippen LogP contribution < -0.4 is 5.32 Å². The van der Waals surface area contributed by atoms with Crippen molar-refractivity contribution >= 4 is 0 Å². The maximum Gasteiger partial charge on any atom is 0.163 e. The van der Waals surface area contributed by atoms with Crippen molar-refractivity contribution < 1.29 is 18.3 Å². The van der Waals surface area contributed by atoms with Gasteiger partial charge in [-0.05, 0) is 33.4 Å². The van der Waals surface area contributed by atoms with Crippen LogP contribution in [0.25, 0.3) is 0 Å². The fourth-order valence-electron chi connectivity index (χ4n) is 1.74. The van der Waals surface area contributed by atoms with Gasteiger partial charge < -0.3 is 14.8 Å². The van der Waals surface area contributed by atoms with E-state index in [2.05, 4.69) is 5.32 Å². The first-order valence-corrected chi connectivity index (χ1v) is 6.65. The van der Waals surface area contributed by atoms with Crippen LogP contribution >= 0.6 is 0 Å². The van der Waals surface area contributed by atoms with Gasteiger partial charge in [0.05, 0.1) is 18.2 Å². The zero-order valence-corrected chi connectivity index (χ0v) is 12.5. The summed E-state index contributed by atoms with van der Waals surface area (Å²) in [5.41, 5.74) is 0.0256. The lowest BCUT2D eigenvalue weighted by Crippen LogP contribution is -2.27. The first kappa shape index (κ1) is 17.0. The molecule has 0 saturated carbocycles. The van der Waals surface area contributed by atoms with E-state index in [0.717, 1.165) is 12.5 Å². The summed E-state index contributed by atoms with van der Waals surface area (Å²) in [7, 11) is 3.34. The second-order valence-corrected chi connectivity index (χ2v) is 5.27. The maximum absolute atomic E-state index is 13.7. The number of benzene rings is 1. The molecule has 0 aliphatic heterocycles. The minimum absolute atomic E-state index is 0.251. The van der Waals surface area contributed by atoms with E-state index in [0.29, 0.717) is 6.61 Å². The number of hydrogen-bond donors (Lipinski definition) is 1. The maximum atomic E-state index is 13.7. The molecule has 0 spiro atoms. The number of rotatable bonds is 8. The van der Waals surface area contributed by atoms with Crippen LogP contribution in [0.2, 0.25) is 0 Å². The lowest BCUT2D eigenvalue weighted by atomic mass is 10.1. The molecule has 0 aliphatic rings. The number of likely N-dealkylation sites (N-methyl/N-ethyl adjacent to an activating group) is 1. The van der Waals surface area contributed by atoms with E-state index in [1.54, 1.807) is 20.2 Å². The molecule has 1 unspecified atom stereocenters. The van der Waals surface area contributed by atoms with Crippen molar-refractivity contribution in [1.82, 2.24) is 5.32 Å². The fourth-order valence-corrected chi connectivity index (χ4v) is 1.74. The van der Waals surface area contributed by atoms with Crippen molar-refractivity contribution in [2.45, 2.75) is 31.9 Å². The molecule has 0 fully saturated rings. The second-order valence-electron chi connectivity index (χ2n) is 5.27. The standard InChI is InChI=1S/C15H23F2NO2/c1-15(2,19-4)8-9-20-10-13(18-3)11-6-5-7-12(16)14(11)17/h5-7,13,18H,8-10H2,1-4H3. The van der Waals surface area contributed by atoms with E-state index in [9.17, 15) is 8.78 Å². The Bertz CT molecular complexity index is 424. The molecule has 1 rings (SSSR count). The number of nitrogens with one attached hydrogen (secondary N) is 1. The van der Waals surface area contributed by atoms with Gasteiger partial charge in [0.1, 0.15) is 0 Å². The van der Waals surface area contributed by atoms with Gasteiger partial charge in [0, 0.05) is 19.3 Å². The largest absolute Gasteiger partial charge is 0.379 e. The number of halogens is 2. The molecule has 1 N–H and O–H groups in total. The molecule has 0 aromatic heterocycles. The van der Waals surface area contributed by atoms with E-state index in [1.807, 2.05) is 13.8 Å². The molecular formula is C15H23F2NO2. The van der Waals surface area contributed by atoms with Gasteiger partial charge in [-0.25, -0.2) is 8.78 Å². The van der Waals surface area contributed by atoms with Crippen molar-refractivity contribution in [3.63, 3.8) is 0 Å². The van der Waals surface area contributed by atoms with Crippen LogP contribution in [0.5, 0.6) is 0 Å². The molecule has 0 saturated heterocycles. The number of methoxy groups -OCH3 is 1. The Hall–Kier alpha value is -1.04. The third-order valence-corrected chi connectivity index (χ3v) is 3.39. The van der Waals surface area contributed by atoms with E-state index >= 15 is 0 Å². The summed E-state index contributed by atoms with van der Waals surface area (Å²) in [4.78, 5) is 0. The Kier molecular flexibility index (Phi) is 6.52. The number of hydrogen-bond acceptors (Lipinski definition) is 3. The van der Waals surface area contributed by atoms with Gasteiger partial charge in [0.15, 0.2) is 11.6 Å². The highest BCUT2D eigenvalue weighted by atomic mass is 19.2. The molecule has 0 bridgehead atoms. The van der Waals surface area contributed by atoms with Crippen LogP contribution in [0.4, 0.5) is 8.78 Å². The minimum Gasteiger partial charge on any atom is -0.379 e. The molecule has 1 aromatic rings. The van der Waals surface area contributed by atoms with Crippen LogP contribution in [-0.2, 0) is 9.47 Å². The highest BCUT2D eigenvalue weighted by Gasteiger charge is 2.19. The van der Waals surface area contributed by atoms with E-state index in [1.165, 1.54) is 6.07 Å². The average Bonchev–Trinajstić information content (AvgIpc) is 2.43. The van der Waals surface area contributed by atoms with Crippen molar-refractivity contribution in [2.24, 2.45) is 0 Å². The summed E-state index contributed by atoms with van der Waals surface area (Å²) in [6, 6.07) is 3.78. The zero-order chi connectivity index (χ0) is 15.2. The second kappa shape index (κ2) is 7.67. The quantitative estimate of drug-likeness (QED) is 0.745. The molecule has 20 heavy (non-hydrogen) atoms. The molecule has 0 heterocycles. The van der Waals surface area contributed by atoms with Gasteiger partial charge in [-0.15, -0.1) is 0 Å². The summed E-state index contributed by atoms with van der Waals surface area (Å²) in [6.07, 6.45) is 0.728. The fraction of sp³-hybridized carbons (Fsp3) is 0.600. The smallest absolute Gasteiger partial charge is 0.163 e. The molecule has 1 aromatic carbocycles. The highest BCUT2D eigenvalue weighted by molar-refractivity contribution is 5.22. The van der Waals surface area contributed by atoms with Gasteiger partial charge in [-0.2, -0.15) is 0 Å². The molecule has 0 aliphatic carbocycles. The predicted molar refractivity (Wildman–Crippen MR) is 74.7 cm³/mol. The monoisotopic (exact) mass is 287 g/mol. The Labute approximate surface area is 119 Å². The van der Waals surface area contributed by atoms with Gasteiger partial charge in [0.25, 0.3) is 0 Å². The molecule has 1 atom stereocenters. The minimum atomic E-state index is -0.844. The van der Waals surface area contributed by atoms with Crippen molar-refractivity contribution in [3.8, 4) is 0 Å². The normalized spacial score (nSPS) is 13.5. The predicted octanol–water partition coefficient (Wildman–Crippen LogP) is 3.06. The molecule has 0 radical (unpaired) electrons. The number of ether oxygens (including phenoxy) is 2.